The van der Waals surface area contributed by atoms with Gasteiger partial charge in [0.2, 0.25) is 0 Å². The van der Waals surface area contributed by atoms with Gasteiger partial charge in [0.15, 0.2) is 0 Å². The van der Waals surface area contributed by atoms with Crippen LogP contribution >= 0.6 is 11.3 Å². The molecule has 2 heterocycles. The molecule has 0 amide bonds. The molecule has 0 saturated heterocycles. The van der Waals surface area contributed by atoms with E-state index in [0.29, 0.717) is 0 Å². The van der Waals surface area contributed by atoms with Crippen LogP contribution in [0.25, 0.3) is 75.4 Å². The summed E-state index contributed by atoms with van der Waals surface area (Å²) >= 11 is 1.89. The lowest BCUT2D eigenvalue weighted by Gasteiger charge is -2.10. The van der Waals surface area contributed by atoms with Crippen LogP contribution in [-0.4, -0.2) is 4.98 Å². The monoisotopic (exact) mass is 501 g/mol. The van der Waals surface area contributed by atoms with Gasteiger partial charge in [0.25, 0.3) is 0 Å². The van der Waals surface area contributed by atoms with E-state index in [0.717, 1.165) is 0 Å². The molecule has 8 aromatic rings. The fourth-order valence-corrected chi connectivity index (χ4v) is 6.99. The first-order valence-electron chi connectivity index (χ1n) is 12.9. The molecule has 0 atom stereocenters. The van der Waals surface area contributed by atoms with Crippen molar-refractivity contribution < 1.29 is 0 Å². The number of thiophene rings is 1. The Labute approximate surface area is 224 Å². The van der Waals surface area contributed by atoms with E-state index >= 15 is 0 Å². The molecule has 2 heteroatoms. The maximum atomic E-state index is 3.79. The van der Waals surface area contributed by atoms with Crippen LogP contribution < -0.4 is 0 Å². The van der Waals surface area contributed by atoms with E-state index in [2.05, 4.69) is 138 Å². The predicted molar refractivity (Wildman–Crippen MR) is 165 cm³/mol. The molecular formula is C36H23NS. The normalized spacial score (nSPS) is 11.7. The van der Waals surface area contributed by atoms with Crippen LogP contribution in [0.3, 0.4) is 0 Å². The van der Waals surface area contributed by atoms with Gasteiger partial charge in [0.1, 0.15) is 0 Å². The van der Waals surface area contributed by atoms with E-state index in [1.807, 2.05) is 11.3 Å². The molecular weight excluding hydrogens is 478 g/mol. The highest BCUT2D eigenvalue weighted by molar-refractivity contribution is 7.26. The molecule has 0 aliphatic rings. The van der Waals surface area contributed by atoms with E-state index in [-0.39, 0.29) is 0 Å². The molecule has 2 aromatic heterocycles. The molecule has 0 bridgehead atoms. The Balaban J connectivity index is 1.43. The van der Waals surface area contributed by atoms with Crippen molar-refractivity contribution in [1.29, 1.82) is 0 Å². The smallest absolute Gasteiger partial charge is 0.0545 e. The third-order valence-electron chi connectivity index (χ3n) is 7.62. The van der Waals surface area contributed by atoms with E-state index in [1.54, 1.807) is 0 Å². The van der Waals surface area contributed by atoms with Gasteiger partial charge in [-0.3, -0.25) is 0 Å². The number of aromatic amines is 1. The largest absolute Gasteiger partial charge is 0.354 e. The van der Waals surface area contributed by atoms with Gasteiger partial charge in [0.05, 0.1) is 5.52 Å². The number of H-pyrrole nitrogens is 1. The Morgan fingerprint density at radius 1 is 0.421 bits per heavy atom. The van der Waals surface area contributed by atoms with Gasteiger partial charge >= 0.3 is 0 Å². The van der Waals surface area contributed by atoms with Crippen molar-refractivity contribution in [3.8, 4) is 33.4 Å². The molecule has 1 nitrogen and oxygen atoms in total. The Morgan fingerprint density at radius 2 is 1.11 bits per heavy atom. The summed E-state index contributed by atoms with van der Waals surface area (Å²) in [5.74, 6) is 0. The van der Waals surface area contributed by atoms with Crippen LogP contribution in [0.15, 0.2) is 133 Å². The zero-order valence-corrected chi connectivity index (χ0v) is 21.4. The zero-order chi connectivity index (χ0) is 25.1. The third kappa shape index (κ3) is 3.31. The molecule has 1 N–H and O–H groups in total. The second kappa shape index (κ2) is 8.44. The highest BCUT2D eigenvalue weighted by atomic mass is 32.1. The molecule has 0 unspecified atom stereocenters. The molecule has 0 aliphatic carbocycles. The minimum Gasteiger partial charge on any atom is -0.354 e. The minimum atomic E-state index is 1.17. The van der Waals surface area contributed by atoms with Crippen molar-refractivity contribution in [2.75, 3.05) is 0 Å². The van der Waals surface area contributed by atoms with Gasteiger partial charge in [-0.15, -0.1) is 11.3 Å². The topological polar surface area (TPSA) is 15.8 Å². The second-order valence-corrected chi connectivity index (χ2v) is 10.9. The van der Waals surface area contributed by atoms with E-state index in [4.69, 9.17) is 0 Å². The van der Waals surface area contributed by atoms with Crippen LogP contribution in [-0.2, 0) is 0 Å². The SMILES string of the molecule is c1ccc(-c2ccc3[nH]c4c(-c5cc(-c6ccccc6)cc6c5sc5ccccc56)cccc4c3c2)cc1. The summed E-state index contributed by atoms with van der Waals surface area (Å²) in [6.07, 6.45) is 0. The van der Waals surface area contributed by atoms with Crippen LogP contribution in [0.4, 0.5) is 0 Å². The van der Waals surface area contributed by atoms with E-state index in [1.165, 1.54) is 75.4 Å². The van der Waals surface area contributed by atoms with Crippen molar-refractivity contribution in [2.24, 2.45) is 0 Å². The predicted octanol–water partition coefficient (Wildman–Crippen LogP) is 10.7. The number of para-hydroxylation sites is 1. The molecule has 8 rings (SSSR count). The number of aromatic nitrogens is 1. The summed E-state index contributed by atoms with van der Waals surface area (Å²) in [4.78, 5) is 3.79. The summed E-state index contributed by atoms with van der Waals surface area (Å²) in [6.45, 7) is 0. The summed E-state index contributed by atoms with van der Waals surface area (Å²) in [6, 6.07) is 48.3. The van der Waals surface area contributed by atoms with E-state index < -0.39 is 0 Å². The highest BCUT2D eigenvalue weighted by Crippen LogP contribution is 2.45. The zero-order valence-electron chi connectivity index (χ0n) is 20.6. The fourth-order valence-electron chi connectivity index (χ4n) is 5.78. The van der Waals surface area contributed by atoms with Crippen LogP contribution in [0.2, 0.25) is 0 Å². The Kier molecular flexibility index (Phi) is 4.76. The first-order chi connectivity index (χ1) is 18.8. The molecule has 0 radical (unpaired) electrons. The molecule has 0 aliphatic heterocycles. The number of rotatable bonds is 3. The molecule has 178 valence electrons. The Morgan fingerprint density at radius 3 is 1.92 bits per heavy atom. The molecule has 0 fully saturated rings. The number of hydrogen-bond acceptors (Lipinski definition) is 1. The van der Waals surface area contributed by atoms with Crippen LogP contribution in [0, 0.1) is 0 Å². The minimum absolute atomic E-state index is 1.17. The third-order valence-corrected chi connectivity index (χ3v) is 8.84. The molecule has 0 spiro atoms. The molecule has 0 saturated carbocycles. The van der Waals surface area contributed by atoms with Gasteiger partial charge in [-0.25, -0.2) is 0 Å². The number of hydrogen-bond donors (Lipinski definition) is 1. The number of fused-ring (bicyclic) bond motifs is 6. The van der Waals surface area contributed by atoms with Gasteiger partial charge in [0, 0.05) is 47.6 Å². The van der Waals surface area contributed by atoms with E-state index in [9.17, 15) is 0 Å². The lowest BCUT2D eigenvalue weighted by Crippen LogP contribution is -1.85. The van der Waals surface area contributed by atoms with Crippen molar-refractivity contribution in [2.45, 2.75) is 0 Å². The first-order valence-corrected chi connectivity index (χ1v) is 13.8. The van der Waals surface area contributed by atoms with Crippen LogP contribution in [0.1, 0.15) is 0 Å². The van der Waals surface area contributed by atoms with Crippen molar-refractivity contribution >= 4 is 53.3 Å². The lowest BCUT2D eigenvalue weighted by atomic mass is 9.94. The standard InChI is InChI=1S/C36H23NS/c1-3-10-23(11-4-1)25-18-19-33-30(20-25)28-15-9-16-29(35(28)37-33)32-22-26(24-12-5-2-6-13-24)21-31-27-14-7-8-17-34(27)38-36(31)32/h1-22,37H. The molecule has 38 heavy (non-hydrogen) atoms. The summed E-state index contributed by atoms with van der Waals surface area (Å²) in [5.41, 5.74) is 9.84. The maximum absolute atomic E-state index is 3.79. The van der Waals surface area contributed by atoms with Crippen LogP contribution in [0.5, 0.6) is 0 Å². The summed E-state index contributed by atoms with van der Waals surface area (Å²) in [5, 5.41) is 5.16. The van der Waals surface area contributed by atoms with Gasteiger partial charge in [-0.05, 0) is 52.6 Å². The average Bonchev–Trinajstić information content (AvgIpc) is 3.56. The first kappa shape index (κ1) is 21.4. The highest BCUT2D eigenvalue weighted by Gasteiger charge is 2.17. The number of nitrogens with one attached hydrogen (secondary N) is 1. The van der Waals surface area contributed by atoms with Crippen molar-refractivity contribution in [3.05, 3.63) is 133 Å². The maximum Gasteiger partial charge on any atom is 0.0545 e. The Hall–Kier alpha value is -4.66. The van der Waals surface area contributed by atoms with Gasteiger partial charge in [-0.2, -0.15) is 0 Å². The lowest BCUT2D eigenvalue weighted by molar-refractivity contribution is 1.54. The summed E-state index contributed by atoms with van der Waals surface area (Å²) in [7, 11) is 0. The summed E-state index contributed by atoms with van der Waals surface area (Å²) < 4.78 is 2.66. The van der Waals surface area contributed by atoms with Gasteiger partial charge < -0.3 is 4.98 Å². The Bertz CT molecular complexity index is 2110. The molecule has 6 aromatic carbocycles. The van der Waals surface area contributed by atoms with Gasteiger partial charge in [-0.1, -0.05) is 103 Å². The average molecular weight is 502 g/mol. The second-order valence-electron chi connectivity index (χ2n) is 9.84. The van der Waals surface area contributed by atoms with Crippen molar-refractivity contribution in [1.82, 2.24) is 4.98 Å². The fraction of sp³-hybridized carbons (Fsp3) is 0. The quantitative estimate of drug-likeness (QED) is 0.248. The number of benzene rings is 6. The van der Waals surface area contributed by atoms with Crippen molar-refractivity contribution in [3.63, 3.8) is 0 Å².